The number of esters is 2. The first-order valence-corrected chi connectivity index (χ1v) is 8.89. The van der Waals surface area contributed by atoms with Gasteiger partial charge in [0.25, 0.3) is 0 Å². The Morgan fingerprint density at radius 3 is 2.14 bits per heavy atom. The van der Waals surface area contributed by atoms with Crippen LogP contribution in [0.4, 0.5) is 0 Å². The molecular formula is C21H22O8. The number of aliphatic carboxylic acids is 2. The van der Waals surface area contributed by atoms with Crippen LogP contribution in [0.2, 0.25) is 0 Å². The third kappa shape index (κ3) is 3.30. The van der Waals surface area contributed by atoms with Crippen LogP contribution in [0.3, 0.4) is 0 Å². The number of carboxylic acid groups (broad SMARTS) is 2. The molecule has 0 saturated carbocycles. The zero-order valence-electron chi connectivity index (χ0n) is 16.5. The number of ether oxygens (including phenoxy) is 2. The summed E-state index contributed by atoms with van der Waals surface area (Å²) >= 11 is 0. The second-order valence-corrected chi connectivity index (χ2v) is 6.51. The van der Waals surface area contributed by atoms with E-state index >= 15 is 0 Å². The zero-order valence-corrected chi connectivity index (χ0v) is 16.5. The monoisotopic (exact) mass is 402 g/mol. The summed E-state index contributed by atoms with van der Waals surface area (Å²) in [5, 5.41) is 20.0. The number of carbonyl (C=O) groups excluding carboxylic acids is 2. The molecule has 29 heavy (non-hydrogen) atoms. The Balaban J connectivity index is 3.13. The fraction of sp³-hybridized carbons (Fsp3) is 0.333. The number of benzene rings is 1. The molecule has 8 heteroatoms. The van der Waals surface area contributed by atoms with Crippen molar-refractivity contribution in [2.45, 2.75) is 20.8 Å². The number of carbonyl (C=O) groups is 4. The normalized spacial score (nSPS) is 21.6. The van der Waals surface area contributed by atoms with E-state index in [1.54, 1.807) is 30.3 Å². The molecule has 0 bridgehead atoms. The van der Waals surface area contributed by atoms with Gasteiger partial charge in [-0.25, -0.2) is 9.59 Å². The van der Waals surface area contributed by atoms with Crippen LogP contribution < -0.4 is 0 Å². The fourth-order valence-corrected chi connectivity index (χ4v) is 3.86. The average Bonchev–Trinajstić information content (AvgIpc) is 2.67. The van der Waals surface area contributed by atoms with Gasteiger partial charge in [-0.15, -0.1) is 0 Å². The molecule has 2 atom stereocenters. The van der Waals surface area contributed by atoms with E-state index in [1.165, 1.54) is 20.8 Å². The molecule has 1 aromatic rings. The molecule has 0 heterocycles. The molecule has 0 aromatic heterocycles. The van der Waals surface area contributed by atoms with Gasteiger partial charge >= 0.3 is 23.9 Å². The first-order chi connectivity index (χ1) is 13.7. The highest BCUT2D eigenvalue weighted by atomic mass is 16.5. The van der Waals surface area contributed by atoms with Gasteiger partial charge in [-0.1, -0.05) is 37.3 Å². The molecule has 0 radical (unpaired) electrons. The summed E-state index contributed by atoms with van der Waals surface area (Å²) in [6.45, 7) is 4.11. The Morgan fingerprint density at radius 2 is 1.69 bits per heavy atom. The van der Waals surface area contributed by atoms with Crippen molar-refractivity contribution in [1.82, 2.24) is 0 Å². The first kappa shape index (κ1) is 21.9. The largest absolute Gasteiger partial charge is 0.480 e. The van der Waals surface area contributed by atoms with Crippen LogP contribution in [0.25, 0.3) is 5.57 Å². The molecule has 0 fully saturated rings. The van der Waals surface area contributed by atoms with E-state index in [-0.39, 0.29) is 34.5 Å². The van der Waals surface area contributed by atoms with Gasteiger partial charge < -0.3 is 19.7 Å². The summed E-state index contributed by atoms with van der Waals surface area (Å²) in [4.78, 5) is 50.4. The average molecular weight is 402 g/mol. The van der Waals surface area contributed by atoms with Gasteiger partial charge in [0.2, 0.25) is 0 Å². The molecule has 1 aromatic carbocycles. The molecule has 0 saturated heterocycles. The van der Waals surface area contributed by atoms with Crippen LogP contribution in [0.15, 0.2) is 47.1 Å². The van der Waals surface area contributed by atoms with Gasteiger partial charge in [0.15, 0.2) is 5.41 Å². The van der Waals surface area contributed by atoms with E-state index in [2.05, 4.69) is 0 Å². The van der Waals surface area contributed by atoms with Crippen LogP contribution in [0, 0.1) is 11.3 Å². The van der Waals surface area contributed by atoms with E-state index < -0.39 is 35.2 Å². The van der Waals surface area contributed by atoms with E-state index in [4.69, 9.17) is 9.47 Å². The van der Waals surface area contributed by atoms with Crippen molar-refractivity contribution >= 4 is 29.5 Å². The predicted molar refractivity (Wildman–Crippen MR) is 102 cm³/mol. The molecule has 1 aliphatic carbocycles. The van der Waals surface area contributed by atoms with E-state index in [0.29, 0.717) is 0 Å². The van der Waals surface area contributed by atoms with Crippen LogP contribution in [-0.4, -0.2) is 47.8 Å². The highest BCUT2D eigenvalue weighted by molar-refractivity contribution is 6.20. The lowest BCUT2D eigenvalue weighted by Crippen LogP contribution is -2.51. The number of carboxylic acids is 2. The highest BCUT2D eigenvalue weighted by Gasteiger charge is 2.61. The summed E-state index contributed by atoms with van der Waals surface area (Å²) < 4.78 is 9.89. The third-order valence-corrected chi connectivity index (χ3v) is 5.12. The molecular weight excluding hydrogens is 380 g/mol. The molecule has 2 rings (SSSR count). The number of hydrogen-bond acceptors (Lipinski definition) is 6. The summed E-state index contributed by atoms with van der Waals surface area (Å²) in [5.74, 6) is -6.46. The second kappa shape index (κ2) is 8.30. The maximum Gasteiger partial charge on any atom is 0.338 e. The Hall–Kier alpha value is -3.42. The van der Waals surface area contributed by atoms with Crippen molar-refractivity contribution in [3.63, 3.8) is 0 Å². The van der Waals surface area contributed by atoms with Crippen molar-refractivity contribution in [2.24, 2.45) is 11.3 Å². The zero-order chi connectivity index (χ0) is 21.9. The van der Waals surface area contributed by atoms with Gasteiger partial charge in [-0.3, -0.25) is 9.59 Å². The highest BCUT2D eigenvalue weighted by Crippen LogP contribution is 2.53. The SMILES string of the molecule is CCOC(=O)C1(C(=O)O)C(c2ccccc2)=C(C(=O)OC)C(C)=C(C(=O)O)C1C. The summed E-state index contributed by atoms with van der Waals surface area (Å²) in [6.07, 6.45) is 0. The van der Waals surface area contributed by atoms with Gasteiger partial charge in [-0.05, 0) is 25.0 Å². The summed E-state index contributed by atoms with van der Waals surface area (Å²) in [6, 6.07) is 8.01. The molecule has 0 amide bonds. The number of hydrogen-bond donors (Lipinski definition) is 2. The van der Waals surface area contributed by atoms with E-state index in [0.717, 1.165) is 7.11 Å². The van der Waals surface area contributed by atoms with Gasteiger partial charge in [0.05, 0.1) is 19.3 Å². The second-order valence-electron chi connectivity index (χ2n) is 6.51. The Kier molecular flexibility index (Phi) is 6.26. The maximum atomic E-state index is 13.1. The molecule has 0 spiro atoms. The molecule has 1 aliphatic rings. The predicted octanol–water partition coefficient (Wildman–Crippen LogP) is 2.30. The van der Waals surface area contributed by atoms with Crippen molar-refractivity contribution in [1.29, 1.82) is 0 Å². The lowest BCUT2D eigenvalue weighted by Gasteiger charge is -2.40. The molecule has 2 unspecified atom stereocenters. The smallest absolute Gasteiger partial charge is 0.338 e. The first-order valence-electron chi connectivity index (χ1n) is 8.89. The minimum atomic E-state index is -2.45. The Morgan fingerprint density at radius 1 is 1.10 bits per heavy atom. The molecule has 0 aliphatic heterocycles. The Labute approximate surface area is 167 Å². The van der Waals surface area contributed by atoms with Crippen molar-refractivity contribution in [3.05, 3.63) is 52.6 Å². The topological polar surface area (TPSA) is 127 Å². The molecule has 154 valence electrons. The fourth-order valence-electron chi connectivity index (χ4n) is 3.86. The minimum Gasteiger partial charge on any atom is -0.480 e. The molecule has 8 nitrogen and oxygen atoms in total. The summed E-state index contributed by atoms with van der Waals surface area (Å²) in [7, 11) is 1.09. The lowest BCUT2D eigenvalue weighted by atomic mass is 9.59. The van der Waals surface area contributed by atoms with Crippen molar-refractivity contribution in [3.8, 4) is 0 Å². The van der Waals surface area contributed by atoms with Crippen LogP contribution in [-0.2, 0) is 28.7 Å². The maximum absolute atomic E-state index is 13.1. The quantitative estimate of drug-likeness (QED) is 0.548. The van der Waals surface area contributed by atoms with Gasteiger partial charge in [0, 0.05) is 17.1 Å². The van der Waals surface area contributed by atoms with Crippen LogP contribution >= 0.6 is 0 Å². The van der Waals surface area contributed by atoms with Gasteiger partial charge in [-0.2, -0.15) is 0 Å². The molecule has 2 N–H and O–H groups in total. The summed E-state index contributed by atoms with van der Waals surface area (Å²) in [5.41, 5.74) is -2.92. The third-order valence-electron chi connectivity index (χ3n) is 5.12. The minimum absolute atomic E-state index is 0.0388. The van der Waals surface area contributed by atoms with Crippen LogP contribution in [0.1, 0.15) is 26.3 Å². The van der Waals surface area contributed by atoms with Crippen molar-refractivity contribution in [2.75, 3.05) is 13.7 Å². The van der Waals surface area contributed by atoms with Crippen molar-refractivity contribution < 1.29 is 38.9 Å². The Bertz CT molecular complexity index is 925. The van der Waals surface area contributed by atoms with E-state index in [1.807, 2.05) is 0 Å². The van der Waals surface area contributed by atoms with Gasteiger partial charge in [0.1, 0.15) is 0 Å². The number of methoxy groups -OCH3 is 1. The number of rotatable bonds is 6. The van der Waals surface area contributed by atoms with Crippen LogP contribution in [0.5, 0.6) is 0 Å². The van der Waals surface area contributed by atoms with E-state index in [9.17, 15) is 29.4 Å². The lowest BCUT2D eigenvalue weighted by molar-refractivity contribution is -0.166. The standard InChI is InChI=1S/C21H22O8/c1-5-29-20(27)21(19(25)26)12(3)14(17(22)23)11(2)15(18(24)28-4)16(21)13-9-7-6-8-10-13/h6-10,12H,5H2,1-4H3,(H,22,23)(H,25,26).